The van der Waals surface area contributed by atoms with E-state index in [0.29, 0.717) is 34.2 Å². The highest BCUT2D eigenvalue weighted by Crippen LogP contribution is 2.38. The number of nitrogens with one attached hydrogen (secondary N) is 1. The average Bonchev–Trinajstić information content (AvgIpc) is 3.73. The Labute approximate surface area is 243 Å². The molecule has 0 spiro atoms. The van der Waals surface area contributed by atoms with Crippen LogP contribution in [0.1, 0.15) is 23.9 Å². The lowest BCUT2D eigenvalue weighted by molar-refractivity contribution is -0.138. The summed E-state index contributed by atoms with van der Waals surface area (Å²) in [6.45, 7) is 3.16. The van der Waals surface area contributed by atoms with E-state index in [4.69, 9.17) is 20.2 Å². The highest BCUT2D eigenvalue weighted by Gasteiger charge is 2.30. The third-order valence-corrected chi connectivity index (χ3v) is 8.91. The minimum Gasteiger partial charge on any atom is -0.480 e. The van der Waals surface area contributed by atoms with Gasteiger partial charge in [-0.25, -0.2) is 14.4 Å². The Balaban J connectivity index is 1.36. The van der Waals surface area contributed by atoms with E-state index in [1.54, 1.807) is 16.6 Å². The Hall–Kier alpha value is -4.13. The maximum Gasteiger partial charge on any atom is 0.322 e. The number of thiazole rings is 1. The predicted molar refractivity (Wildman–Crippen MR) is 154 cm³/mol. The quantitative estimate of drug-likeness (QED) is 0.280. The summed E-state index contributed by atoms with van der Waals surface area (Å²) in [4.78, 5) is 39.5. The smallest absolute Gasteiger partial charge is 0.322 e. The molecule has 0 aliphatic carbocycles. The fourth-order valence-corrected chi connectivity index (χ4v) is 6.55. The van der Waals surface area contributed by atoms with Crippen molar-refractivity contribution >= 4 is 55.6 Å². The van der Waals surface area contributed by atoms with Crippen LogP contribution < -0.4 is 15.1 Å². The zero-order chi connectivity index (χ0) is 29.3. The normalized spacial score (nSPS) is 15.0. The molecule has 4 heterocycles. The van der Waals surface area contributed by atoms with Gasteiger partial charge < -0.3 is 20.2 Å². The lowest BCUT2D eigenvalue weighted by Crippen LogP contribution is -2.43. The fraction of sp³-hybridized carbons (Fsp3) is 0.385. The van der Waals surface area contributed by atoms with Crippen LogP contribution in [-0.2, 0) is 16.0 Å². The number of fused-ring (bicyclic) bond motifs is 1. The predicted octanol–water partition coefficient (Wildman–Crippen LogP) is 2.97. The summed E-state index contributed by atoms with van der Waals surface area (Å²) in [6, 6.07) is 8.24. The molecule has 0 bridgehead atoms. The molecule has 1 saturated heterocycles. The summed E-state index contributed by atoms with van der Waals surface area (Å²) in [5, 5.41) is 27.2. The number of carboxylic acids is 1. The highest BCUT2D eigenvalue weighted by molar-refractivity contribution is 7.20. The Morgan fingerprint density at radius 3 is 2.68 bits per heavy atom. The summed E-state index contributed by atoms with van der Waals surface area (Å²) in [5.74, 6) is -1.00. The number of anilines is 3. The van der Waals surface area contributed by atoms with Crippen molar-refractivity contribution in [1.82, 2.24) is 29.8 Å². The second-order valence-electron chi connectivity index (χ2n) is 9.64. The minimum atomic E-state index is -1.08. The molecule has 15 heteroatoms. The van der Waals surface area contributed by atoms with Gasteiger partial charge in [0.05, 0.1) is 12.2 Å². The molecule has 5 rings (SSSR count). The molecule has 41 heavy (non-hydrogen) atoms. The fourth-order valence-electron chi connectivity index (χ4n) is 4.75. The Morgan fingerprint density at radius 1 is 1.24 bits per heavy atom. The van der Waals surface area contributed by atoms with E-state index in [9.17, 15) is 19.2 Å². The molecule has 0 radical (unpaired) electrons. The van der Waals surface area contributed by atoms with E-state index in [1.165, 1.54) is 34.8 Å². The number of nitriles is 1. The maximum absolute atomic E-state index is 13.5. The minimum absolute atomic E-state index is 0.111. The van der Waals surface area contributed by atoms with Crippen molar-refractivity contribution in [2.24, 2.45) is 0 Å². The second kappa shape index (κ2) is 11.8. The average molecular weight is 598 g/mol. The van der Waals surface area contributed by atoms with E-state index < -0.39 is 12.5 Å². The van der Waals surface area contributed by atoms with E-state index >= 15 is 0 Å². The lowest BCUT2D eigenvalue weighted by Gasteiger charge is -2.23. The zero-order valence-corrected chi connectivity index (χ0v) is 24.3. The van der Waals surface area contributed by atoms with Crippen molar-refractivity contribution in [2.45, 2.75) is 25.8 Å². The summed E-state index contributed by atoms with van der Waals surface area (Å²) in [6.07, 6.45) is 1.51. The first-order valence-corrected chi connectivity index (χ1v) is 14.5. The molecule has 1 aliphatic heterocycles. The third kappa shape index (κ3) is 5.85. The van der Waals surface area contributed by atoms with Crippen molar-refractivity contribution in [1.29, 1.82) is 5.26 Å². The van der Waals surface area contributed by atoms with Gasteiger partial charge in [0.15, 0.2) is 10.9 Å². The number of halogens is 1. The molecule has 1 aromatic carbocycles. The number of hydrogen-bond acceptors (Lipinski definition) is 11. The second-order valence-corrected chi connectivity index (χ2v) is 11.6. The van der Waals surface area contributed by atoms with Gasteiger partial charge in [0, 0.05) is 31.7 Å². The third-order valence-electron chi connectivity index (χ3n) is 6.90. The number of carboxylic acid groups (broad SMARTS) is 1. The van der Waals surface area contributed by atoms with Crippen LogP contribution in [0, 0.1) is 17.1 Å². The molecule has 1 aliphatic rings. The van der Waals surface area contributed by atoms with Crippen LogP contribution in [0.25, 0.3) is 16.2 Å². The standard InChI is InChI=1S/C26H28FN9O3S2/c1-4-18-23(34(3)24-31-22(19(11-28)40-24)15-5-7-16(27)8-6-15)36-25(30-18)41-26(32-36)35-10-9-17(13-35)33(2)14-20(37)29-12-21(38)39/h5-8,17H,4,9-10,12-14H2,1-3H3,(H,29,37)(H,38,39). The van der Waals surface area contributed by atoms with Gasteiger partial charge in [0.25, 0.3) is 0 Å². The number of rotatable bonds is 10. The van der Waals surface area contributed by atoms with Gasteiger partial charge in [-0.3, -0.25) is 14.5 Å². The number of hydrogen-bond donors (Lipinski definition) is 2. The molecule has 1 fully saturated rings. The zero-order valence-electron chi connectivity index (χ0n) is 22.7. The number of aryl methyl sites for hydroxylation is 1. The van der Waals surface area contributed by atoms with Gasteiger partial charge >= 0.3 is 5.97 Å². The molecular formula is C26H28FN9O3S2. The molecule has 1 amide bonds. The summed E-state index contributed by atoms with van der Waals surface area (Å²) in [7, 11) is 3.72. The van der Waals surface area contributed by atoms with E-state index in [2.05, 4.69) is 16.3 Å². The number of aliphatic carboxylic acids is 1. The Kier molecular flexibility index (Phi) is 8.15. The van der Waals surface area contributed by atoms with E-state index in [0.717, 1.165) is 34.6 Å². The molecular weight excluding hydrogens is 569 g/mol. The van der Waals surface area contributed by atoms with Gasteiger partial charge in [0.1, 0.15) is 29.0 Å². The molecule has 1 atom stereocenters. The van der Waals surface area contributed by atoms with Crippen LogP contribution >= 0.6 is 22.7 Å². The first-order valence-electron chi connectivity index (χ1n) is 12.9. The van der Waals surface area contributed by atoms with Crippen molar-refractivity contribution in [2.75, 3.05) is 50.1 Å². The van der Waals surface area contributed by atoms with E-state index in [-0.39, 0.29) is 24.3 Å². The summed E-state index contributed by atoms with van der Waals surface area (Å²) >= 11 is 2.73. The monoisotopic (exact) mass is 597 g/mol. The first-order chi connectivity index (χ1) is 19.7. The van der Waals surface area contributed by atoms with Crippen molar-refractivity contribution in [3.05, 3.63) is 40.7 Å². The highest BCUT2D eigenvalue weighted by atomic mass is 32.1. The van der Waals surface area contributed by atoms with Crippen LogP contribution in [0.4, 0.5) is 20.5 Å². The summed E-state index contributed by atoms with van der Waals surface area (Å²) in [5.41, 5.74) is 2.01. The van der Waals surface area contributed by atoms with Gasteiger partial charge in [-0.2, -0.15) is 9.78 Å². The lowest BCUT2D eigenvalue weighted by atomic mass is 10.1. The number of likely N-dealkylation sites (N-methyl/N-ethyl adjacent to an activating group) is 1. The number of aromatic nitrogens is 4. The van der Waals surface area contributed by atoms with Crippen molar-refractivity contribution < 1.29 is 19.1 Å². The first kappa shape index (κ1) is 28.4. The number of amides is 1. The molecule has 2 N–H and O–H groups in total. The molecule has 214 valence electrons. The number of benzene rings is 1. The topological polar surface area (TPSA) is 143 Å². The molecule has 3 aromatic heterocycles. The van der Waals surface area contributed by atoms with Crippen LogP contribution in [0.5, 0.6) is 0 Å². The van der Waals surface area contributed by atoms with Crippen LogP contribution in [0.2, 0.25) is 0 Å². The number of carbonyl (C=O) groups excluding carboxylic acids is 1. The van der Waals surface area contributed by atoms with Gasteiger partial charge in [0.2, 0.25) is 16.0 Å². The number of carbonyl (C=O) groups is 2. The number of imidazole rings is 1. The van der Waals surface area contributed by atoms with Gasteiger partial charge in [-0.15, -0.1) is 5.10 Å². The molecule has 1 unspecified atom stereocenters. The Morgan fingerprint density at radius 2 is 2.00 bits per heavy atom. The van der Waals surface area contributed by atoms with Crippen LogP contribution in [0.3, 0.4) is 0 Å². The van der Waals surface area contributed by atoms with Crippen LogP contribution in [0.15, 0.2) is 24.3 Å². The van der Waals surface area contributed by atoms with Gasteiger partial charge in [-0.05, 0) is 44.2 Å². The van der Waals surface area contributed by atoms with Gasteiger partial charge in [-0.1, -0.05) is 29.6 Å². The molecule has 4 aromatic rings. The maximum atomic E-state index is 13.5. The van der Waals surface area contributed by atoms with Crippen LogP contribution in [-0.4, -0.2) is 87.8 Å². The summed E-state index contributed by atoms with van der Waals surface area (Å²) < 4.78 is 15.3. The van der Waals surface area contributed by atoms with Crippen molar-refractivity contribution in [3.8, 4) is 17.3 Å². The largest absolute Gasteiger partial charge is 0.480 e. The van der Waals surface area contributed by atoms with Crippen molar-refractivity contribution in [3.63, 3.8) is 0 Å². The molecule has 12 nitrogen and oxygen atoms in total. The SMILES string of the molecule is CCc1nc2sc(N3CCC(N(C)CC(=O)NCC(=O)O)C3)nn2c1N(C)c1nc(-c2ccc(F)cc2)c(C#N)s1. The van der Waals surface area contributed by atoms with E-state index in [1.807, 2.05) is 30.8 Å². The Bertz CT molecular complexity index is 1630. The molecule has 0 saturated carbocycles. The number of nitrogens with zero attached hydrogens (tertiary/aromatic N) is 8.